The Morgan fingerprint density at radius 1 is 1.41 bits per heavy atom. The molecule has 0 fully saturated rings. The molecule has 1 aromatic rings. The third kappa shape index (κ3) is 3.08. The molecule has 1 aromatic carbocycles. The summed E-state index contributed by atoms with van der Waals surface area (Å²) in [4.78, 5) is 0. The molecule has 2 atom stereocenters. The normalized spacial score (nSPS) is 23.4. The average molecular weight is 229 g/mol. The largest absolute Gasteiger partial charge is 0.455 e. The zero-order chi connectivity index (χ0) is 12.1. The molecule has 0 amide bonds. The highest BCUT2D eigenvalue weighted by molar-refractivity contribution is 5.16. The molecule has 0 bridgehead atoms. The van der Waals surface area contributed by atoms with Crippen LogP contribution in [0.5, 0.6) is 0 Å². The SMILES string of the molecule is C[C@@H]1CC=C(C#N)O[C@H]1OCc1ccccc1. The molecule has 0 radical (unpaired) electrons. The van der Waals surface area contributed by atoms with Gasteiger partial charge in [-0.1, -0.05) is 37.3 Å². The van der Waals surface area contributed by atoms with Gasteiger partial charge in [0.2, 0.25) is 6.29 Å². The van der Waals surface area contributed by atoms with Gasteiger partial charge in [-0.15, -0.1) is 0 Å². The fourth-order valence-electron chi connectivity index (χ4n) is 1.72. The van der Waals surface area contributed by atoms with E-state index in [1.165, 1.54) is 0 Å². The van der Waals surface area contributed by atoms with E-state index in [1.807, 2.05) is 42.5 Å². The van der Waals surface area contributed by atoms with E-state index in [2.05, 4.69) is 6.92 Å². The molecule has 2 rings (SSSR count). The van der Waals surface area contributed by atoms with E-state index in [0.717, 1.165) is 12.0 Å². The third-order valence-corrected chi connectivity index (χ3v) is 2.75. The summed E-state index contributed by atoms with van der Waals surface area (Å²) in [5.74, 6) is 0.636. The van der Waals surface area contributed by atoms with Gasteiger partial charge in [0.05, 0.1) is 6.61 Å². The predicted molar refractivity (Wildman–Crippen MR) is 63.6 cm³/mol. The zero-order valence-electron chi connectivity index (χ0n) is 9.80. The average Bonchev–Trinajstić information content (AvgIpc) is 2.39. The van der Waals surface area contributed by atoms with Gasteiger partial charge in [0.25, 0.3) is 0 Å². The van der Waals surface area contributed by atoms with Crippen molar-refractivity contribution in [3.8, 4) is 6.07 Å². The number of benzene rings is 1. The van der Waals surface area contributed by atoms with Crippen molar-refractivity contribution >= 4 is 0 Å². The highest BCUT2D eigenvalue weighted by Gasteiger charge is 2.24. The van der Waals surface area contributed by atoms with Gasteiger partial charge < -0.3 is 9.47 Å². The minimum absolute atomic E-state index is 0.274. The summed E-state index contributed by atoms with van der Waals surface area (Å²) in [6.07, 6.45) is 2.31. The first kappa shape index (κ1) is 11.7. The van der Waals surface area contributed by atoms with Gasteiger partial charge >= 0.3 is 0 Å². The second kappa shape index (κ2) is 5.51. The molecule has 1 heterocycles. The van der Waals surface area contributed by atoms with Crippen LogP contribution in [0, 0.1) is 17.2 Å². The van der Waals surface area contributed by atoms with Crippen LogP contribution < -0.4 is 0 Å². The third-order valence-electron chi connectivity index (χ3n) is 2.75. The van der Waals surface area contributed by atoms with Crippen molar-refractivity contribution in [3.63, 3.8) is 0 Å². The number of hydrogen-bond acceptors (Lipinski definition) is 3. The standard InChI is InChI=1S/C14H15NO2/c1-11-7-8-13(9-15)17-14(11)16-10-12-5-3-2-4-6-12/h2-6,8,11,14H,7,10H2,1H3/t11-,14-/m1/s1. The Morgan fingerprint density at radius 3 is 2.88 bits per heavy atom. The Morgan fingerprint density at radius 2 is 2.18 bits per heavy atom. The molecule has 1 aliphatic rings. The molecular formula is C14H15NO2. The molecule has 0 spiro atoms. The Bertz CT molecular complexity index is 433. The first-order valence-corrected chi connectivity index (χ1v) is 5.72. The lowest BCUT2D eigenvalue weighted by molar-refractivity contribution is -0.155. The van der Waals surface area contributed by atoms with Crippen LogP contribution in [-0.2, 0) is 16.1 Å². The molecule has 17 heavy (non-hydrogen) atoms. The van der Waals surface area contributed by atoms with Crippen LogP contribution in [0.3, 0.4) is 0 Å². The molecule has 0 N–H and O–H groups in total. The second-order valence-electron chi connectivity index (χ2n) is 4.18. The Labute approximate surface area is 101 Å². The Kier molecular flexibility index (Phi) is 3.79. The van der Waals surface area contributed by atoms with Crippen LogP contribution in [0.15, 0.2) is 42.2 Å². The maximum absolute atomic E-state index is 8.78. The summed E-state index contributed by atoms with van der Waals surface area (Å²) < 4.78 is 11.1. The summed E-state index contributed by atoms with van der Waals surface area (Å²) >= 11 is 0. The second-order valence-corrected chi connectivity index (χ2v) is 4.18. The van der Waals surface area contributed by atoms with Gasteiger partial charge in [0.15, 0.2) is 5.76 Å². The Balaban J connectivity index is 1.91. The molecule has 0 aromatic heterocycles. The van der Waals surface area contributed by atoms with Crippen molar-refractivity contribution in [3.05, 3.63) is 47.7 Å². The van der Waals surface area contributed by atoms with E-state index in [4.69, 9.17) is 14.7 Å². The van der Waals surface area contributed by atoms with Crippen LogP contribution in [-0.4, -0.2) is 6.29 Å². The van der Waals surface area contributed by atoms with Crippen molar-refractivity contribution in [2.24, 2.45) is 5.92 Å². The minimum atomic E-state index is -0.324. The maximum atomic E-state index is 8.78. The first-order valence-electron chi connectivity index (χ1n) is 5.72. The van der Waals surface area contributed by atoms with Gasteiger partial charge in [-0.2, -0.15) is 5.26 Å². The van der Waals surface area contributed by atoms with Crippen molar-refractivity contribution < 1.29 is 9.47 Å². The van der Waals surface area contributed by atoms with E-state index in [-0.39, 0.29) is 12.2 Å². The van der Waals surface area contributed by atoms with E-state index in [9.17, 15) is 0 Å². The van der Waals surface area contributed by atoms with Gasteiger partial charge in [0.1, 0.15) is 6.07 Å². The number of rotatable bonds is 3. The van der Waals surface area contributed by atoms with Crippen LogP contribution >= 0.6 is 0 Å². The topological polar surface area (TPSA) is 42.2 Å². The lowest BCUT2D eigenvalue weighted by atomic mass is 10.0. The van der Waals surface area contributed by atoms with Crippen molar-refractivity contribution in [2.45, 2.75) is 26.2 Å². The Hall–Kier alpha value is -1.79. The van der Waals surface area contributed by atoms with Gasteiger partial charge in [-0.05, 0) is 18.1 Å². The zero-order valence-corrected chi connectivity index (χ0v) is 9.80. The molecule has 0 aliphatic carbocycles. The summed E-state index contributed by atoms with van der Waals surface area (Å²) in [6, 6.07) is 12.0. The van der Waals surface area contributed by atoms with Gasteiger partial charge in [0, 0.05) is 5.92 Å². The van der Waals surface area contributed by atoms with E-state index in [0.29, 0.717) is 12.4 Å². The summed E-state index contributed by atoms with van der Waals surface area (Å²) in [6.45, 7) is 2.56. The monoisotopic (exact) mass is 229 g/mol. The van der Waals surface area contributed by atoms with Crippen LogP contribution in [0.1, 0.15) is 18.9 Å². The lowest BCUT2D eigenvalue weighted by Gasteiger charge is -2.27. The number of allylic oxidation sites excluding steroid dienone is 2. The molecule has 3 nitrogen and oxygen atoms in total. The van der Waals surface area contributed by atoms with E-state index < -0.39 is 0 Å². The highest BCUT2D eigenvalue weighted by atomic mass is 16.7. The highest BCUT2D eigenvalue weighted by Crippen LogP contribution is 2.24. The van der Waals surface area contributed by atoms with E-state index in [1.54, 1.807) is 0 Å². The molecule has 1 aliphatic heterocycles. The van der Waals surface area contributed by atoms with Crippen molar-refractivity contribution in [1.82, 2.24) is 0 Å². The summed E-state index contributed by atoms with van der Waals surface area (Å²) in [5.41, 5.74) is 1.11. The first-order chi connectivity index (χ1) is 8.29. The predicted octanol–water partition coefficient (Wildman–Crippen LogP) is 2.99. The van der Waals surface area contributed by atoms with Crippen molar-refractivity contribution in [2.75, 3.05) is 0 Å². The van der Waals surface area contributed by atoms with E-state index >= 15 is 0 Å². The number of nitrogens with zero attached hydrogens (tertiary/aromatic N) is 1. The minimum Gasteiger partial charge on any atom is -0.455 e. The summed E-state index contributed by atoms with van der Waals surface area (Å²) in [7, 11) is 0. The molecule has 0 saturated carbocycles. The number of hydrogen-bond donors (Lipinski definition) is 0. The number of nitriles is 1. The van der Waals surface area contributed by atoms with Crippen LogP contribution in [0.4, 0.5) is 0 Å². The maximum Gasteiger partial charge on any atom is 0.203 e. The fraction of sp³-hybridized carbons (Fsp3) is 0.357. The number of ether oxygens (including phenoxy) is 2. The smallest absolute Gasteiger partial charge is 0.203 e. The van der Waals surface area contributed by atoms with Crippen LogP contribution in [0.2, 0.25) is 0 Å². The van der Waals surface area contributed by atoms with Gasteiger partial charge in [-0.3, -0.25) is 0 Å². The van der Waals surface area contributed by atoms with Crippen molar-refractivity contribution in [1.29, 1.82) is 5.26 Å². The van der Waals surface area contributed by atoms with Gasteiger partial charge in [-0.25, -0.2) is 0 Å². The molecule has 88 valence electrons. The fourth-order valence-corrected chi connectivity index (χ4v) is 1.72. The summed E-state index contributed by atoms with van der Waals surface area (Å²) in [5, 5.41) is 8.78. The molecule has 0 saturated heterocycles. The molecule has 3 heteroatoms. The quantitative estimate of drug-likeness (QED) is 0.800. The lowest BCUT2D eigenvalue weighted by Crippen LogP contribution is -2.27. The molecule has 0 unspecified atom stereocenters. The molecular weight excluding hydrogens is 214 g/mol. The van der Waals surface area contributed by atoms with Crippen LogP contribution in [0.25, 0.3) is 0 Å².